The van der Waals surface area contributed by atoms with Crippen LogP contribution in [0.25, 0.3) is 0 Å². The van der Waals surface area contributed by atoms with Crippen molar-refractivity contribution in [3.63, 3.8) is 0 Å². The molecule has 8 heteroatoms. The van der Waals surface area contributed by atoms with E-state index < -0.39 is 21.8 Å². The third kappa shape index (κ3) is 3.12. The number of hydrogen-bond donors (Lipinski definition) is 1. The van der Waals surface area contributed by atoms with Gasteiger partial charge in [0.15, 0.2) is 0 Å². The molecule has 100 valence electrons. The summed E-state index contributed by atoms with van der Waals surface area (Å²) >= 11 is 1.66. The Labute approximate surface area is 109 Å². The summed E-state index contributed by atoms with van der Waals surface area (Å²) < 4.78 is 53.5. The summed E-state index contributed by atoms with van der Waals surface area (Å²) in [6.45, 7) is 0.744. The van der Waals surface area contributed by atoms with Gasteiger partial charge in [0.1, 0.15) is 11.6 Å². The molecule has 0 unspecified atom stereocenters. The van der Waals surface area contributed by atoms with Gasteiger partial charge < -0.3 is 0 Å². The van der Waals surface area contributed by atoms with E-state index in [4.69, 9.17) is 0 Å². The molecule has 1 saturated heterocycles. The first-order chi connectivity index (χ1) is 8.49. The summed E-state index contributed by atoms with van der Waals surface area (Å²) in [5.74, 6) is -0.0892. The van der Waals surface area contributed by atoms with Crippen LogP contribution >= 0.6 is 11.8 Å². The van der Waals surface area contributed by atoms with Crippen LogP contribution in [-0.2, 0) is 10.2 Å². The average Bonchev–Trinajstić information content (AvgIpc) is 2.35. The molecule has 1 heterocycles. The molecule has 0 saturated carbocycles. The maximum Gasteiger partial charge on any atom is 0.301 e. The normalized spacial score (nSPS) is 17.7. The first-order valence-electron chi connectivity index (χ1n) is 5.30. The van der Waals surface area contributed by atoms with Crippen molar-refractivity contribution in [2.75, 3.05) is 29.3 Å². The highest BCUT2D eigenvalue weighted by Gasteiger charge is 2.24. The zero-order chi connectivity index (χ0) is 13.2. The Morgan fingerprint density at radius 3 is 2.56 bits per heavy atom. The molecular formula is C10H12F2N2O2S2. The molecule has 4 nitrogen and oxygen atoms in total. The van der Waals surface area contributed by atoms with Gasteiger partial charge in [-0.15, -0.1) is 0 Å². The van der Waals surface area contributed by atoms with E-state index in [0.29, 0.717) is 24.6 Å². The second-order valence-corrected chi connectivity index (χ2v) is 6.64. The van der Waals surface area contributed by atoms with E-state index in [1.165, 1.54) is 4.31 Å². The zero-order valence-corrected chi connectivity index (χ0v) is 11.0. The molecule has 0 radical (unpaired) electrons. The highest BCUT2D eigenvalue weighted by molar-refractivity contribution is 7.99. The predicted molar refractivity (Wildman–Crippen MR) is 67.8 cm³/mol. The molecule has 1 aliphatic heterocycles. The first-order valence-corrected chi connectivity index (χ1v) is 7.89. The van der Waals surface area contributed by atoms with Crippen LogP contribution in [0, 0.1) is 11.6 Å². The lowest BCUT2D eigenvalue weighted by Gasteiger charge is -2.26. The molecule has 2 rings (SSSR count). The molecule has 1 N–H and O–H groups in total. The molecule has 18 heavy (non-hydrogen) atoms. The Kier molecular flexibility index (Phi) is 4.08. The van der Waals surface area contributed by atoms with E-state index in [2.05, 4.69) is 4.72 Å². The van der Waals surface area contributed by atoms with Gasteiger partial charge in [0.25, 0.3) is 0 Å². The van der Waals surface area contributed by atoms with Crippen molar-refractivity contribution >= 4 is 27.7 Å². The van der Waals surface area contributed by atoms with Crippen molar-refractivity contribution in [2.45, 2.75) is 0 Å². The molecule has 1 aromatic carbocycles. The fraction of sp³-hybridized carbons (Fsp3) is 0.400. The van der Waals surface area contributed by atoms with Gasteiger partial charge in [-0.3, -0.25) is 4.72 Å². The molecule has 1 aromatic rings. The molecule has 1 fully saturated rings. The molecular weight excluding hydrogens is 282 g/mol. The van der Waals surface area contributed by atoms with Gasteiger partial charge in [-0.1, -0.05) is 0 Å². The Bertz CT molecular complexity index is 531. The van der Waals surface area contributed by atoms with Gasteiger partial charge in [-0.2, -0.15) is 24.5 Å². The monoisotopic (exact) mass is 294 g/mol. The quantitative estimate of drug-likeness (QED) is 0.922. The third-order valence-corrected chi connectivity index (χ3v) is 4.94. The number of nitrogens with one attached hydrogen (secondary N) is 1. The van der Waals surface area contributed by atoms with Gasteiger partial charge >= 0.3 is 10.2 Å². The SMILES string of the molecule is O=S(=O)(Nc1cc(F)ccc1F)N1CCSCC1. The van der Waals surface area contributed by atoms with Gasteiger partial charge in [0, 0.05) is 30.7 Å². The van der Waals surface area contributed by atoms with Gasteiger partial charge in [0.2, 0.25) is 0 Å². The maximum atomic E-state index is 13.4. The lowest BCUT2D eigenvalue weighted by atomic mass is 10.3. The van der Waals surface area contributed by atoms with Crippen LogP contribution in [0.15, 0.2) is 18.2 Å². The van der Waals surface area contributed by atoms with Crippen LogP contribution in [0.1, 0.15) is 0 Å². The highest BCUT2D eigenvalue weighted by atomic mass is 32.2. The average molecular weight is 294 g/mol. The number of anilines is 1. The Balaban J connectivity index is 2.18. The van der Waals surface area contributed by atoms with E-state index in [9.17, 15) is 17.2 Å². The Morgan fingerprint density at radius 2 is 1.89 bits per heavy atom. The molecule has 0 aliphatic carbocycles. The van der Waals surface area contributed by atoms with E-state index in [1.807, 2.05) is 0 Å². The van der Waals surface area contributed by atoms with Crippen LogP contribution in [0.5, 0.6) is 0 Å². The summed E-state index contributed by atoms with van der Waals surface area (Å²) in [5, 5.41) is 0. The second-order valence-electron chi connectivity index (χ2n) is 3.74. The summed E-state index contributed by atoms with van der Waals surface area (Å²) in [7, 11) is -3.81. The summed E-state index contributed by atoms with van der Waals surface area (Å²) in [6, 6.07) is 2.65. The third-order valence-electron chi connectivity index (χ3n) is 2.48. The van der Waals surface area contributed by atoms with Crippen molar-refractivity contribution in [2.24, 2.45) is 0 Å². The minimum absolute atomic E-state index is 0.367. The topological polar surface area (TPSA) is 49.4 Å². The van der Waals surface area contributed by atoms with Crippen molar-refractivity contribution in [3.05, 3.63) is 29.8 Å². The van der Waals surface area contributed by atoms with E-state index in [1.54, 1.807) is 11.8 Å². The highest BCUT2D eigenvalue weighted by Crippen LogP contribution is 2.19. The number of rotatable bonds is 3. The lowest BCUT2D eigenvalue weighted by Crippen LogP contribution is -2.41. The Morgan fingerprint density at radius 1 is 1.22 bits per heavy atom. The van der Waals surface area contributed by atoms with Crippen molar-refractivity contribution in [1.82, 2.24) is 4.31 Å². The first kappa shape index (κ1) is 13.6. The van der Waals surface area contributed by atoms with Crippen LogP contribution in [0.2, 0.25) is 0 Å². The number of halogens is 2. The second kappa shape index (κ2) is 5.41. The van der Waals surface area contributed by atoms with Crippen molar-refractivity contribution < 1.29 is 17.2 Å². The Hall–Kier alpha value is -0.860. The van der Waals surface area contributed by atoms with Gasteiger partial charge in [-0.05, 0) is 12.1 Å². The standard InChI is InChI=1S/C10H12F2N2O2S2/c11-8-1-2-9(12)10(7-8)13-18(15,16)14-3-5-17-6-4-14/h1-2,7,13H,3-6H2. The van der Waals surface area contributed by atoms with E-state index in [-0.39, 0.29) is 5.69 Å². The van der Waals surface area contributed by atoms with Gasteiger partial charge in [0.05, 0.1) is 5.69 Å². The van der Waals surface area contributed by atoms with Gasteiger partial charge in [-0.25, -0.2) is 8.78 Å². The number of nitrogens with zero attached hydrogens (tertiary/aromatic N) is 1. The fourth-order valence-corrected chi connectivity index (χ4v) is 3.93. The summed E-state index contributed by atoms with van der Waals surface area (Å²) in [4.78, 5) is 0. The molecule has 0 bridgehead atoms. The molecule has 1 aliphatic rings. The van der Waals surface area contributed by atoms with E-state index >= 15 is 0 Å². The summed E-state index contributed by atoms with van der Waals surface area (Å²) in [6.07, 6.45) is 0. The minimum atomic E-state index is -3.81. The molecule has 0 aromatic heterocycles. The number of hydrogen-bond acceptors (Lipinski definition) is 3. The molecule has 0 spiro atoms. The van der Waals surface area contributed by atoms with Crippen molar-refractivity contribution in [1.29, 1.82) is 0 Å². The van der Waals surface area contributed by atoms with Crippen molar-refractivity contribution in [3.8, 4) is 0 Å². The number of benzene rings is 1. The number of thioether (sulfide) groups is 1. The smallest absolute Gasteiger partial charge is 0.268 e. The molecule has 0 atom stereocenters. The lowest BCUT2D eigenvalue weighted by molar-refractivity contribution is 0.447. The van der Waals surface area contributed by atoms with Crippen LogP contribution in [-0.4, -0.2) is 37.3 Å². The summed E-state index contributed by atoms with van der Waals surface area (Å²) in [5.41, 5.74) is -0.367. The minimum Gasteiger partial charge on any atom is -0.268 e. The van der Waals surface area contributed by atoms with E-state index in [0.717, 1.165) is 18.2 Å². The fourth-order valence-electron chi connectivity index (χ4n) is 1.57. The van der Waals surface area contributed by atoms with Crippen LogP contribution < -0.4 is 4.72 Å². The van der Waals surface area contributed by atoms with Crippen LogP contribution in [0.4, 0.5) is 14.5 Å². The predicted octanol–water partition coefficient (Wildman–Crippen LogP) is 1.67. The molecule has 0 amide bonds. The zero-order valence-electron chi connectivity index (χ0n) is 9.40. The largest absolute Gasteiger partial charge is 0.301 e. The maximum absolute atomic E-state index is 13.4. The van der Waals surface area contributed by atoms with Crippen LogP contribution in [0.3, 0.4) is 0 Å².